The molecule has 126 valence electrons. The molecule has 0 spiro atoms. The van der Waals surface area contributed by atoms with Crippen LogP contribution in [0.3, 0.4) is 0 Å². The van der Waals surface area contributed by atoms with E-state index in [1.807, 2.05) is 29.3 Å². The lowest BCUT2D eigenvalue weighted by molar-refractivity contribution is -0.135. The van der Waals surface area contributed by atoms with Gasteiger partial charge in [-0.05, 0) is 36.8 Å². The highest BCUT2D eigenvalue weighted by atomic mass is 16.2. The maximum absolute atomic E-state index is 13.1. The Labute approximate surface area is 141 Å². The van der Waals surface area contributed by atoms with E-state index in [1.165, 1.54) is 19.3 Å². The molecule has 2 heteroatoms. The van der Waals surface area contributed by atoms with Gasteiger partial charge in [-0.2, -0.15) is 0 Å². The molecule has 1 atom stereocenters. The van der Waals surface area contributed by atoms with E-state index in [-0.39, 0.29) is 5.41 Å². The van der Waals surface area contributed by atoms with E-state index < -0.39 is 0 Å². The maximum Gasteiger partial charge on any atom is 0.232 e. The number of hydrogen-bond donors (Lipinski definition) is 0. The van der Waals surface area contributed by atoms with Gasteiger partial charge >= 0.3 is 0 Å². The van der Waals surface area contributed by atoms with Crippen molar-refractivity contribution >= 4 is 12.0 Å². The highest BCUT2D eigenvalue weighted by Crippen LogP contribution is 2.42. The summed E-state index contributed by atoms with van der Waals surface area (Å²) in [6, 6.07) is 10.2. The second-order valence-corrected chi connectivity index (χ2v) is 7.31. The molecule has 0 saturated carbocycles. The van der Waals surface area contributed by atoms with Crippen LogP contribution in [0.25, 0.3) is 6.08 Å². The first kappa shape index (κ1) is 17.8. The van der Waals surface area contributed by atoms with E-state index in [2.05, 4.69) is 39.0 Å². The zero-order valence-corrected chi connectivity index (χ0v) is 14.9. The number of unbranched alkanes of at least 4 members (excludes halogenated alkanes) is 2. The van der Waals surface area contributed by atoms with E-state index in [0.29, 0.717) is 11.8 Å². The second-order valence-electron chi connectivity index (χ2n) is 7.31. The maximum atomic E-state index is 13.1. The lowest BCUT2D eigenvalue weighted by Crippen LogP contribution is -2.33. The molecule has 1 aliphatic rings. The van der Waals surface area contributed by atoms with Crippen molar-refractivity contribution in [2.45, 2.75) is 59.3 Å². The molecule has 1 unspecified atom stereocenters. The molecular weight excluding hydrogens is 282 g/mol. The number of benzene rings is 1. The first-order chi connectivity index (χ1) is 11.1. The van der Waals surface area contributed by atoms with E-state index in [0.717, 1.165) is 31.4 Å². The number of likely N-dealkylation sites (tertiary alicyclic amines) is 1. The van der Waals surface area contributed by atoms with E-state index in [4.69, 9.17) is 0 Å². The highest BCUT2D eigenvalue weighted by molar-refractivity contribution is 5.86. The molecule has 23 heavy (non-hydrogen) atoms. The van der Waals surface area contributed by atoms with Crippen LogP contribution in [0.1, 0.15) is 64.9 Å². The van der Waals surface area contributed by atoms with Crippen LogP contribution in [0.15, 0.2) is 36.5 Å². The summed E-state index contributed by atoms with van der Waals surface area (Å²) >= 11 is 0. The number of nitrogens with zero attached hydrogens (tertiary/aromatic N) is 1. The van der Waals surface area contributed by atoms with Gasteiger partial charge in [0.05, 0.1) is 5.41 Å². The first-order valence-corrected chi connectivity index (χ1v) is 9.12. The molecule has 0 aliphatic carbocycles. The summed E-state index contributed by atoms with van der Waals surface area (Å²) in [5.41, 5.74) is 1.03. The Morgan fingerprint density at radius 2 is 1.96 bits per heavy atom. The smallest absolute Gasteiger partial charge is 0.232 e. The van der Waals surface area contributed by atoms with Crippen molar-refractivity contribution in [1.82, 2.24) is 4.90 Å². The van der Waals surface area contributed by atoms with Crippen molar-refractivity contribution in [1.29, 1.82) is 0 Å². The number of amides is 1. The molecule has 2 nitrogen and oxygen atoms in total. The number of rotatable bonds is 8. The van der Waals surface area contributed by atoms with Crippen LogP contribution in [-0.2, 0) is 4.79 Å². The largest absolute Gasteiger partial charge is 0.319 e. The zero-order chi connectivity index (χ0) is 16.7. The van der Waals surface area contributed by atoms with Gasteiger partial charge in [-0.3, -0.25) is 4.79 Å². The van der Waals surface area contributed by atoms with Gasteiger partial charge in [0.1, 0.15) is 0 Å². The van der Waals surface area contributed by atoms with Crippen molar-refractivity contribution in [2.24, 2.45) is 11.3 Å². The molecule has 0 aromatic heterocycles. The summed E-state index contributed by atoms with van der Waals surface area (Å²) in [5.74, 6) is 0.910. The minimum atomic E-state index is -0.121. The van der Waals surface area contributed by atoms with Gasteiger partial charge in [0, 0.05) is 12.7 Å². The minimum absolute atomic E-state index is 0.121. The number of carbonyl (C=O) groups is 1. The Hall–Kier alpha value is -1.57. The van der Waals surface area contributed by atoms with Gasteiger partial charge in [0.25, 0.3) is 0 Å². The lowest BCUT2D eigenvalue weighted by atomic mass is 9.75. The van der Waals surface area contributed by atoms with Crippen molar-refractivity contribution in [3.63, 3.8) is 0 Å². The van der Waals surface area contributed by atoms with Crippen molar-refractivity contribution < 1.29 is 4.79 Å². The summed E-state index contributed by atoms with van der Waals surface area (Å²) in [7, 11) is 0. The van der Waals surface area contributed by atoms with E-state index >= 15 is 0 Å². The Morgan fingerprint density at radius 3 is 2.61 bits per heavy atom. The lowest BCUT2D eigenvalue weighted by Gasteiger charge is -2.29. The average Bonchev–Trinajstić information content (AvgIpc) is 2.83. The molecule has 1 amide bonds. The third kappa shape index (κ3) is 4.70. The monoisotopic (exact) mass is 313 g/mol. The summed E-state index contributed by atoms with van der Waals surface area (Å²) in [6.07, 6.45) is 10.7. The topological polar surface area (TPSA) is 20.3 Å². The van der Waals surface area contributed by atoms with Crippen LogP contribution < -0.4 is 0 Å². The van der Waals surface area contributed by atoms with Crippen LogP contribution in [0, 0.1) is 11.3 Å². The summed E-state index contributed by atoms with van der Waals surface area (Å²) in [5, 5.41) is 0. The third-order valence-electron chi connectivity index (χ3n) is 4.85. The van der Waals surface area contributed by atoms with Gasteiger partial charge in [0.15, 0.2) is 0 Å². The number of carbonyl (C=O) groups excluding carboxylic acids is 1. The normalized spacial score (nSPS) is 21.7. The van der Waals surface area contributed by atoms with E-state index in [9.17, 15) is 4.79 Å². The Morgan fingerprint density at radius 1 is 1.22 bits per heavy atom. The van der Waals surface area contributed by atoms with Crippen molar-refractivity contribution in [2.75, 3.05) is 6.54 Å². The zero-order valence-electron chi connectivity index (χ0n) is 14.9. The van der Waals surface area contributed by atoms with Crippen LogP contribution in [0.4, 0.5) is 0 Å². The van der Waals surface area contributed by atoms with Gasteiger partial charge in [-0.15, -0.1) is 0 Å². The first-order valence-electron chi connectivity index (χ1n) is 9.12. The quantitative estimate of drug-likeness (QED) is 0.580. The molecule has 2 rings (SSSR count). The summed E-state index contributed by atoms with van der Waals surface area (Å²) in [6.45, 7) is 7.55. The fourth-order valence-electron chi connectivity index (χ4n) is 3.75. The Kier molecular flexibility index (Phi) is 6.44. The van der Waals surface area contributed by atoms with Crippen LogP contribution in [0.2, 0.25) is 0 Å². The molecule has 1 saturated heterocycles. The minimum Gasteiger partial charge on any atom is -0.319 e. The SMILES string of the molecule is CCCCCC1(CC(C)C)CCN(/C=C/c2ccccc2)C1=O. The molecule has 1 aliphatic heterocycles. The standard InChI is InChI=1S/C21H31NO/c1-4-5-9-13-21(17-18(2)3)14-16-22(20(21)23)15-12-19-10-7-6-8-11-19/h6-8,10-12,15,18H,4-5,9,13-14,16-17H2,1-3H3/b15-12+. The second kappa shape index (κ2) is 8.33. The summed E-state index contributed by atoms with van der Waals surface area (Å²) < 4.78 is 0. The molecule has 0 radical (unpaired) electrons. The fourth-order valence-corrected chi connectivity index (χ4v) is 3.75. The predicted octanol–water partition coefficient (Wildman–Crippen LogP) is 5.50. The van der Waals surface area contributed by atoms with Crippen LogP contribution in [0.5, 0.6) is 0 Å². The predicted molar refractivity (Wildman–Crippen MR) is 97.8 cm³/mol. The third-order valence-corrected chi connectivity index (χ3v) is 4.85. The van der Waals surface area contributed by atoms with E-state index in [1.54, 1.807) is 0 Å². The van der Waals surface area contributed by atoms with Gasteiger partial charge in [-0.25, -0.2) is 0 Å². The van der Waals surface area contributed by atoms with Crippen molar-refractivity contribution in [3.05, 3.63) is 42.1 Å². The molecular formula is C21H31NO. The van der Waals surface area contributed by atoms with Crippen LogP contribution in [-0.4, -0.2) is 17.4 Å². The fraction of sp³-hybridized carbons (Fsp3) is 0.571. The Bertz CT molecular complexity index is 520. The van der Waals surface area contributed by atoms with Gasteiger partial charge in [-0.1, -0.05) is 70.4 Å². The van der Waals surface area contributed by atoms with Gasteiger partial charge in [0.2, 0.25) is 5.91 Å². The summed E-state index contributed by atoms with van der Waals surface area (Å²) in [4.78, 5) is 15.0. The molecule has 0 N–H and O–H groups in total. The molecule has 1 heterocycles. The van der Waals surface area contributed by atoms with Crippen molar-refractivity contribution in [3.8, 4) is 0 Å². The molecule has 1 aromatic carbocycles. The molecule has 1 aromatic rings. The highest BCUT2D eigenvalue weighted by Gasteiger charge is 2.45. The average molecular weight is 313 g/mol. The molecule has 0 bridgehead atoms. The molecule has 1 fully saturated rings. The van der Waals surface area contributed by atoms with Gasteiger partial charge < -0.3 is 4.90 Å². The van der Waals surface area contributed by atoms with Crippen LogP contribution >= 0.6 is 0 Å². The number of hydrogen-bond acceptors (Lipinski definition) is 1. The Balaban J connectivity index is 2.07.